The summed E-state index contributed by atoms with van der Waals surface area (Å²) in [5.41, 5.74) is 1.81. The van der Waals surface area contributed by atoms with E-state index in [0.29, 0.717) is 40.7 Å². The highest BCUT2D eigenvalue weighted by Crippen LogP contribution is 2.40. The zero-order chi connectivity index (χ0) is 27.3. The minimum atomic E-state index is -4.40. The number of halogens is 4. The number of benzene rings is 1. The van der Waals surface area contributed by atoms with Gasteiger partial charge in [-0.3, -0.25) is 9.51 Å². The van der Waals surface area contributed by atoms with Crippen LogP contribution in [0.3, 0.4) is 0 Å². The average molecular weight is 562 g/mol. The molecule has 0 unspecified atom stereocenters. The number of fused-ring (bicyclic) bond motifs is 1. The molecule has 3 aromatic heterocycles. The summed E-state index contributed by atoms with van der Waals surface area (Å²) in [4.78, 5) is 29.4. The first-order chi connectivity index (χ1) is 18.7. The van der Waals surface area contributed by atoms with Crippen LogP contribution in [-0.4, -0.2) is 48.4 Å². The van der Waals surface area contributed by atoms with Gasteiger partial charge in [-0.1, -0.05) is 48.7 Å². The van der Waals surface area contributed by atoms with Crippen molar-refractivity contribution in [2.45, 2.75) is 64.2 Å². The Hall–Kier alpha value is -3.41. The molecule has 13 heteroatoms. The van der Waals surface area contributed by atoms with Crippen molar-refractivity contribution >= 4 is 28.7 Å². The zero-order valence-electron chi connectivity index (χ0n) is 21.2. The van der Waals surface area contributed by atoms with Crippen molar-refractivity contribution in [1.82, 2.24) is 29.7 Å². The van der Waals surface area contributed by atoms with Gasteiger partial charge in [-0.2, -0.15) is 18.2 Å². The van der Waals surface area contributed by atoms with E-state index in [2.05, 4.69) is 26.6 Å². The molecule has 1 aliphatic carbocycles. The number of nitrogens with one attached hydrogen (secondary N) is 1. The van der Waals surface area contributed by atoms with Crippen LogP contribution >= 0.6 is 11.6 Å². The summed E-state index contributed by atoms with van der Waals surface area (Å²) in [5.74, 6) is 0.401. The normalized spacial score (nSPS) is 22.2. The number of nitrogens with zero attached hydrogens (tertiary/aromatic N) is 6. The lowest BCUT2D eigenvalue weighted by atomic mass is 9.83. The van der Waals surface area contributed by atoms with E-state index in [-0.39, 0.29) is 42.1 Å². The van der Waals surface area contributed by atoms with E-state index in [0.717, 1.165) is 25.7 Å². The molecule has 1 saturated heterocycles. The molecule has 39 heavy (non-hydrogen) atoms. The van der Waals surface area contributed by atoms with Crippen molar-refractivity contribution in [3.05, 3.63) is 39.8 Å². The maximum atomic E-state index is 14.1. The third kappa shape index (κ3) is 5.02. The molecule has 206 valence electrons. The van der Waals surface area contributed by atoms with Gasteiger partial charge in [0.25, 0.3) is 0 Å². The third-order valence-electron chi connectivity index (χ3n) is 7.80. The first kappa shape index (κ1) is 25.8. The number of hydrogen-bond acceptors (Lipinski definition) is 7. The van der Waals surface area contributed by atoms with E-state index in [4.69, 9.17) is 21.6 Å². The molecule has 1 saturated carbocycles. The molecule has 1 N–H and O–H groups in total. The zero-order valence-corrected chi connectivity index (χ0v) is 22.0. The van der Waals surface area contributed by atoms with Crippen LogP contribution in [0.2, 0.25) is 5.02 Å². The van der Waals surface area contributed by atoms with Crippen LogP contribution in [0.1, 0.15) is 45.4 Å². The first-order valence-electron chi connectivity index (χ1n) is 13.1. The summed E-state index contributed by atoms with van der Waals surface area (Å²) in [7, 11) is 0. The fraction of sp³-hybridized carbons (Fsp3) is 0.500. The predicted molar refractivity (Wildman–Crippen MR) is 139 cm³/mol. The highest BCUT2D eigenvalue weighted by Gasteiger charge is 2.47. The standard InChI is InChI=1S/C26H27ClF3N7O2/c1-14-7-9-15(10-8-14)13-37-20-19(16-4-2-5-17(27)12-16)31-22(23-34-25(38)39-35-23)32-21(20)33-24(37)36-11-3-6-18(36)26(28,29)30/h2,4-5,12,14-15,18H,3,6-11,13H2,1H3,(H,34,35,38)/t14?,15?,18-/m0/s1. The number of rotatable bonds is 5. The van der Waals surface area contributed by atoms with Gasteiger partial charge in [-0.25, -0.2) is 14.8 Å². The van der Waals surface area contributed by atoms with Gasteiger partial charge >= 0.3 is 11.9 Å². The van der Waals surface area contributed by atoms with Crippen molar-refractivity contribution in [3.63, 3.8) is 0 Å². The molecule has 4 aromatic rings. The minimum Gasteiger partial charge on any atom is -0.330 e. The van der Waals surface area contributed by atoms with Crippen LogP contribution in [0.5, 0.6) is 0 Å². The summed E-state index contributed by atoms with van der Waals surface area (Å²) in [6.07, 6.45) is 0.125. The first-order valence-corrected chi connectivity index (χ1v) is 13.5. The third-order valence-corrected chi connectivity index (χ3v) is 8.03. The highest BCUT2D eigenvalue weighted by molar-refractivity contribution is 6.30. The molecule has 9 nitrogen and oxygen atoms in total. The second-order valence-corrected chi connectivity index (χ2v) is 11.0. The topological polar surface area (TPSA) is 106 Å². The lowest BCUT2D eigenvalue weighted by Crippen LogP contribution is -2.42. The Labute approximate surface area is 226 Å². The van der Waals surface area contributed by atoms with Gasteiger partial charge in [0, 0.05) is 23.7 Å². The molecule has 1 aromatic carbocycles. The Morgan fingerprint density at radius 3 is 2.62 bits per heavy atom. The van der Waals surface area contributed by atoms with Gasteiger partial charge in [0.15, 0.2) is 5.65 Å². The molecule has 0 radical (unpaired) electrons. The summed E-state index contributed by atoms with van der Waals surface area (Å²) >= 11 is 6.32. The molecule has 0 bridgehead atoms. The Bertz CT molecular complexity index is 1560. The highest BCUT2D eigenvalue weighted by atomic mass is 35.5. The van der Waals surface area contributed by atoms with Crippen LogP contribution in [0.25, 0.3) is 34.1 Å². The Morgan fingerprint density at radius 1 is 1.13 bits per heavy atom. The van der Waals surface area contributed by atoms with Crippen LogP contribution in [0.15, 0.2) is 33.6 Å². The summed E-state index contributed by atoms with van der Waals surface area (Å²) in [6, 6.07) is 5.41. The minimum absolute atomic E-state index is 0.00288. The van der Waals surface area contributed by atoms with Crippen LogP contribution in [-0.2, 0) is 6.54 Å². The van der Waals surface area contributed by atoms with Crippen LogP contribution < -0.4 is 10.7 Å². The van der Waals surface area contributed by atoms with Crippen molar-refractivity contribution < 1.29 is 17.7 Å². The molecule has 2 aliphatic rings. The van der Waals surface area contributed by atoms with E-state index in [9.17, 15) is 18.0 Å². The van der Waals surface area contributed by atoms with Crippen molar-refractivity contribution in [2.24, 2.45) is 11.8 Å². The van der Waals surface area contributed by atoms with Crippen molar-refractivity contribution in [3.8, 4) is 22.9 Å². The van der Waals surface area contributed by atoms with E-state index in [1.165, 1.54) is 4.90 Å². The maximum absolute atomic E-state index is 14.1. The number of alkyl halides is 3. The van der Waals surface area contributed by atoms with E-state index in [1.807, 2.05) is 10.6 Å². The van der Waals surface area contributed by atoms with Crippen molar-refractivity contribution in [2.75, 3.05) is 11.4 Å². The second kappa shape index (κ2) is 9.96. The van der Waals surface area contributed by atoms with Gasteiger partial charge in [0.1, 0.15) is 17.3 Å². The lowest BCUT2D eigenvalue weighted by Gasteiger charge is -2.31. The summed E-state index contributed by atoms with van der Waals surface area (Å²) in [6.45, 7) is 2.96. The smallest absolute Gasteiger partial charge is 0.330 e. The number of hydrogen-bond donors (Lipinski definition) is 1. The molecule has 6 rings (SSSR count). The van der Waals surface area contributed by atoms with Crippen molar-refractivity contribution in [1.29, 1.82) is 0 Å². The Balaban J connectivity index is 1.59. The largest absolute Gasteiger partial charge is 0.439 e. The Morgan fingerprint density at radius 2 is 1.92 bits per heavy atom. The van der Waals surface area contributed by atoms with Crippen LogP contribution in [0.4, 0.5) is 19.1 Å². The molecule has 0 amide bonds. The SMILES string of the molecule is CC1CCC(Cn2c(N3CCC[C@H]3C(F)(F)F)nc3nc(-c4noc(=O)[nH]4)nc(-c4cccc(Cl)c4)c32)CC1. The van der Waals surface area contributed by atoms with Gasteiger partial charge in [0.05, 0.1) is 0 Å². The van der Waals surface area contributed by atoms with Gasteiger partial charge in [0.2, 0.25) is 17.6 Å². The average Bonchev–Trinajstić information content (AvgIpc) is 3.63. The number of H-pyrrole nitrogens is 1. The monoisotopic (exact) mass is 561 g/mol. The summed E-state index contributed by atoms with van der Waals surface area (Å²) in [5, 5.41) is 4.18. The fourth-order valence-corrected chi connectivity index (χ4v) is 5.99. The van der Waals surface area contributed by atoms with E-state index >= 15 is 0 Å². The predicted octanol–water partition coefficient (Wildman–Crippen LogP) is 5.85. The molecule has 4 heterocycles. The summed E-state index contributed by atoms with van der Waals surface area (Å²) < 4.78 is 48.8. The number of aromatic amines is 1. The maximum Gasteiger partial charge on any atom is 0.439 e. The van der Waals surface area contributed by atoms with Crippen LogP contribution in [0, 0.1) is 11.8 Å². The molecular formula is C26H27ClF3N7O2. The van der Waals surface area contributed by atoms with Gasteiger partial charge < -0.3 is 9.47 Å². The lowest BCUT2D eigenvalue weighted by molar-refractivity contribution is -0.146. The molecular weight excluding hydrogens is 535 g/mol. The molecule has 1 aliphatic heterocycles. The second-order valence-electron chi connectivity index (χ2n) is 10.6. The quantitative estimate of drug-likeness (QED) is 0.326. The van der Waals surface area contributed by atoms with Gasteiger partial charge in [-0.05, 0) is 49.7 Å². The Kier molecular flexibility index (Phi) is 6.60. The molecule has 1 atom stereocenters. The van der Waals surface area contributed by atoms with E-state index < -0.39 is 18.0 Å². The van der Waals surface area contributed by atoms with E-state index in [1.54, 1.807) is 18.2 Å². The molecule has 2 fully saturated rings. The molecule has 0 spiro atoms. The number of anilines is 1. The van der Waals surface area contributed by atoms with Gasteiger partial charge in [-0.15, -0.1) is 0 Å². The number of aromatic nitrogens is 6. The fourth-order valence-electron chi connectivity index (χ4n) is 5.80. The number of imidazole rings is 1.